The second kappa shape index (κ2) is 6.12. The van der Waals surface area contributed by atoms with Crippen LogP contribution < -0.4 is 10.1 Å². The average molecular weight is 223 g/mol. The summed E-state index contributed by atoms with van der Waals surface area (Å²) in [5, 5.41) is 11.7. The molecule has 1 rings (SSSR count). The number of ether oxygens (including phenoxy) is 1. The molecular formula is C12H17NO3. The highest BCUT2D eigenvalue weighted by molar-refractivity contribution is 5.67. The molecule has 2 N–H and O–H groups in total. The molecule has 1 atom stereocenters. The van der Waals surface area contributed by atoms with Crippen LogP contribution in [-0.2, 0) is 11.3 Å². The van der Waals surface area contributed by atoms with E-state index in [4.69, 9.17) is 9.84 Å². The highest BCUT2D eigenvalue weighted by atomic mass is 16.5. The summed E-state index contributed by atoms with van der Waals surface area (Å²) in [6, 6.07) is 7.66. The predicted octanol–water partition coefficient (Wildman–Crippen LogP) is 1.65. The molecule has 0 aliphatic heterocycles. The Morgan fingerprint density at radius 1 is 1.44 bits per heavy atom. The largest absolute Gasteiger partial charge is 0.497 e. The maximum absolute atomic E-state index is 10.4. The predicted molar refractivity (Wildman–Crippen MR) is 61.5 cm³/mol. The van der Waals surface area contributed by atoms with Crippen LogP contribution in [0.25, 0.3) is 0 Å². The second-order valence-electron chi connectivity index (χ2n) is 3.73. The maximum atomic E-state index is 10.4. The van der Waals surface area contributed by atoms with Gasteiger partial charge in [0, 0.05) is 12.6 Å². The van der Waals surface area contributed by atoms with Gasteiger partial charge in [0.15, 0.2) is 0 Å². The van der Waals surface area contributed by atoms with Crippen LogP contribution in [0.3, 0.4) is 0 Å². The molecule has 0 bridgehead atoms. The Balaban J connectivity index is 2.39. The van der Waals surface area contributed by atoms with Crippen LogP contribution in [0.5, 0.6) is 5.75 Å². The van der Waals surface area contributed by atoms with Crippen molar-refractivity contribution < 1.29 is 14.6 Å². The van der Waals surface area contributed by atoms with Gasteiger partial charge < -0.3 is 15.2 Å². The van der Waals surface area contributed by atoms with Gasteiger partial charge >= 0.3 is 5.97 Å². The molecule has 0 saturated carbocycles. The first-order valence-electron chi connectivity index (χ1n) is 5.20. The fourth-order valence-electron chi connectivity index (χ4n) is 1.37. The number of benzene rings is 1. The van der Waals surface area contributed by atoms with Crippen molar-refractivity contribution in [1.29, 1.82) is 0 Å². The van der Waals surface area contributed by atoms with Crippen LogP contribution in [0, 0.1) is 0 Å². The van der Waals surface area contributed by atoms with E-state index >= 15 is 0 Å². The van der Waals surface area contributed by atoms with Crippen molar-refractivity contribution >= 4 is 5.97 Å². The third-order valence-corrected chi connectivity index (χ3v) is 2.29. The highest BCUT2D eigenvalue weighted by Crippen LogP contribution is 2.11. The molecule has 1 aromatic carbocycles. The van der Waals surface area contributed by atoms with Crippen molar-refractivity contribution in [2.75, 3.05) is 7.11 Å². The Kier molecular flexibility index (Phi) is 4.79. The SMILES string of the molecule is COc1ccc(CNC(C)CC(=O)O)cc1. The Labute approximate surface area is 95.2 Å². The molecule has 1 aromatic rings. The smallest absolute Gasteiger partial charge is 0.304 e. The molecule has 16 heavy (non-hydrogen) atoms. The normalized spacial score (nSPS) is 12.1. The number of carboxylic acids is 1. The van der Waals surface area contributed by atoms with Crippen molar-refractivity contribution in [3.8, 4) is 5.75 Å². The standard InChI is InChI=1S/C12H17NO3/c1-9(7-12(14)15)13-8-10-3-5-11(16-2)6-4-10/h3-6,9,13H,7-8H2,1-2H3,(H,14,15). The van der Waals surface area contributed by atoms with E-state index in [0.29, 0.717) is 6.54 Å². The number of hydrogen-bond acceptors (Lipinski definition) is 3. The maximum Gasteiger partial charge on any atom is 0.304 e. The Morgan fingerprint density at radius 2 is 2.06 bits per heavy atom. The van der Waals surface area contributed by atoms with Crippen molar-refractivity contribution in [3.63, 3.8) is 0 Å². The monoisotopic (exact) mass is 223 g/mol. The van der Waals surface area contributed by atoms with Gasteiger partial charge in [-0.15, -0.1) is 0 Å². The zero-order valence-electron chi connectivity index (χ0n) is 9.56. The van der Waals surface area contributed by atoms with E-state index in [1.54, 1.807) is 7.11 Å². The van der Waals surface area contributed by atoms with Gasteiger partial charge in [0.2, 0.25) is 0 Å². The molecule has 1 unspecified atom stereocenters. The zero-order chi connectivity index (χ0) is 12.0. The van der Waals surface area contributed by atoms with E-state index in [1.165, 1.54) is 0 Å². The van der Waals surface area contributed by atoms with E-state index in [1.807, 2.05) is 31.2 Å². The van der Waals surface area contributed by atoms with Crippen LogP contribution in [0.15, 0.2) is 24.3 Å². The first kappa shape index (κ1) is 12.5. The number of aliphatic carboxylic acids is 1. The molecule has 0 fully saturated rings. The van der Waals surface area contributed by atoms with Gasteiger partial charge in [-0.3, -0.25) is 4.79 Å². The minimum absolute atomic E-state index is 0.0281. The molecule has 0 aliphatic carbocycles. The molecule has 0 radical (unpaired) electrons. The van der Waals surface area contributed by atoms with Crippen LogP contribution >= 0.6 is 0 Å². The first-order chi connectivity index (χ1) is 7.61. The summed E-state index contributed by atoms with van der Waals surface area (Å²) in [6.07, 6.45) is 0.135. The molecule has 0 aromatic heterocycles. The second-order valence-corrected chi connectivity index (χ2v) is 3.73. The Morgan fingerprint density at radius 3 is 2.56 bits per heavy atom. The summed E-state index contributed by atoms with van der Waals surface area (Å²) in [7, 11) is 1.63. The highest BCUT2D eigenvalue weighted by Gasteiger charge is 2.06. The van der Waals surface area contributed by atoms with Gasteiger partial charge in [0.1, 0.15) is 5.75 Å². The van der Waals surface area contributed by atoms with E-state index in [0.717, 1.165) is 11.3 Å². The van der Waals surface area contributed by atoms with Crippen LogP contribution in [0.4, 0.5) is 0 Å². The summed E-state index contributed by atoms with van der Waals surface area (Å²) in [6.45, 7) is 2.52. The molecule has 0 aliphatic rings. The van der Waals surface area contributed by atoms with Gasteiger partial charge in [-0.05, 0) is 24.6 Å². The number of carbonyl (C=O) groups is 1. The lowest BCUT2D eigenvalue weighted by Gasteiger charge is -2.11. The third kappa shape index (κ3) is 4.31. The Hall–Kier alpha value is -1.55. The third-order valence-electron chi connectivity index (χ3n) is 2.29. The molecule has 4 nitrogen and oxygen atoms in total. The van der Waals surface area contributed by atoms with Gasteiger partial charge in [-0.1, -0.05) is 12.1 Å². The van der Waals surface area contributed by atoms with Crippen molar-refractivity contribution in [2.45, 2.75) is 25.9 Å². The van der Waals surface area contributed by atoms with E-state index in [-0.39, 0.29) is 12.5 Å². The molecule has 0 heterocycles. The molecule has 0 amide bonds. The first-order valence-corrected chi connectivity index (χ1v) is 5.20. The molecule has 88 valence electrons. The van der Waals surface area contributed by atoms with Crippen molar-refractivity contribution in [3.05, 3.63) is 29.8 Å². The zero-order valence-corrected chi connectivity index (χ0v) is 9.56. The molecule has 0 spiro atoms. The lowest BCUT2D eigenvalue weighted by Crippen LogP contribution is -2.27. The fraction of sp³-hybridized carbons (Fsp3) is 0.417. The molecule has 4 heteroatoms. The van der Waals surface area contributed by atoms with Gasteiger partial charge in [-0.2, -0.15) is 0 Å². The lowest BCUT2D eigenvalue weighted by atomic mass is 10.2. The number of nitrogens with one attached hydrogen (secondary N) is 1. The Bertz CT molecular complexity index is 335. The van der Waals surface area contributed by atoms with Crippen LogP contribution in [0.1, 0.15) is 18.9 Å². The van der Waals surface area contributed by atoms with Crippen LogP contribution in [-0.4, -0.2) is 24.2 Å². The lowest BCUT2D eigenvalue weighted by molar-refractivity contribution is -0.137. The van der Waals surface area contributed by atoms with Crippen molar-refractivity contribution in [1.82, 2.24) is 5.32 Å². The minimum atomic E-state index is -0.783. The van der Waals surface area contributed by atoms with Gasteiger partial charge in [-0.25, -0.2) is 0 Å². The molecule has 0 saturated heterocycles. The average Bonchev–Trinajstić information content (AvgIpc) is 2.26. The van der Waals surface area contributed by atoms with Gasteiger partial charge in [0.25, 0.3) is 0 Å². The number of rotatable bonds is 6. The van der Waals surface area contributed by atoms with Crippen molar-refractivity contribution in [2.24, 2.45) is 0 Å². The van der Waals surface area contributed by atoms with E-state index < -0.39 is 5.97 Å². The summed E-state index contributed by atoms with van der Waals surface area (Å²) in [5.41, 5.74) is 1.11. The summed E-state index contributed by atoms with van der Waals surface area (Å²) < 4.78 is 5.05. The topological polar surface area (TPSA) is 58.6 Å². The van der Waals surface area contributed by atoms with Crippen LogP contribution in [0.2, 0.25) is 0 Å². The number of hydrogen-bond donors (Lipinski definition) is 2. The fourth-order valence-corrected chi connectivity index (χ4v) is 1.37. The number of methoxy groups -OCH3 is 1. The summed E-state index contributed by atoms with van der Waals surface area (Å²) in [5.74, 6) is 0.0389. The van der Waals surface area contributed by atoms with E-state index in [2.05, 4.69) is 5.32 Å². The van der Waals surface area contributed by atoms with Gasteiger partial charge in [0.05, 0.1) is 13.5 Å². The quantitative estimate of drug-likeness (QED) is 0.769. The number of carboxylic acid groups (broad SMARTS) is 1. The summed E-state index contributed by atoms with van der Waals surface area (Å²) in [4.78, 5) is 10.4. The minimum Gasteiger partial charge on any atom is -0.497 e. The van der Waals surface area contributed by atoms with E-state index in [9.17, 15) is 4.79 Å². The summed E-state index contributed by atoms with van der Waals surface area (Å²) >= 11 is 0. The molecular weight excluding hydrogens is 206 g/mol.